The first-order valence-electron chi connectivity index (χ1n) is 7.58. The number of halogens is 1. The molecule has 0 radical (unpaired) electrons. The summed E-state index contributed by atoms with van der Waals surface area (Å²) in [6.07, 6.45) is 0. The molecule has 1 heterocycles. The fourth-order valence-electron chi connectivity index (χ4n) is 3.52. The summed E-state index contributed by atoms with van der Waals surface area (Å²) in [5.74, 6) is 0. The molecule has 4 rings (SSSR count). The van der Waals surface area contributed by atoms with Crippen molar-refractivity contribution in [1.82, 2.24) is 0 Å². The van der Waals surface area contributed by atoms with Crippen LogP contribution in [0.15, 0.2) is 71.2 Å². The van der Waals surface area contributed by atoms with Gasteiger partial charge in [0.05, 0.1) is 0 Å². The highest BCUT2D eigenvalue weighted by Gasteiger charge is 2.37. The summed E-state index contributed by atoms with van der Waals surface area (Å²) >= 11 is 3.63. The van der Waals surface area contributed by atoms with E-state index in [1.165, 1.54) is 26.7 Å². The average Bonchev–Trinajstić information content (AvgIpc) is 2.76. The summed E-state index contributed by atoms with van der Waals surface area (Å²) in [7, 11) is -1.61. The molecule has 3 aromatic rings. The van der Waals surface area contributed by atoms with Gasteiger partial charge in [0, 0.05) is 4.47 Å². The van der Waals surface area contributed by atoms with Crippen LogP contribution in [-0.2, 0) is 0 Å². The van der Waals surface area contributed by atoms with Crippen molar-refractivity contribution in [3.63, 3.8) is 0 Å². The van der Waals surface area contributed by atoms with Crippen LogP contribution < -0.4 is 10.4 Å². The number of fused-ring (bicyclic) bond motifs is 3. The SMILES string of the molecule is C[Si]1(C)c2cc(Br)ccc2-c2ccc(-c3ccccc3)cc21. The van der Waals surface area contributed by atoms with Gasteiger partial charge in [0.1, 0.15) is 8.07 Å². The normalized spacial score (nSPS) is 14.5. The van der Waals surface area contributed by atoms with Gasteiger partial charge in [-0.3, -0.25) is 0 Å². The summed E-state index contributed by atoms with van der Waals surface area (Å²) in [6, 6.07) is 24.4. The fourth-order valence-corrected chi connectivity index (χ4v) is 7.20. The van der Waals surface area contributed by atoms with Gasteiger partial charge in [-0.15, -0.1) is 0 Å². The Hall–Kier alpha value is -1.64. The van der Waals surface area contributed by atoms with E-state index >= 15 is 0 Å². The van der Waals surface area contributed by atoms with E-state index < -0.39 is 8.07 Å². The molecule has 0 nitrogen and oxygen atoms in total. The van der Waals surface area contributed by atoms with E-state index in [1.807, 2.05) is 0 Å². The van der Waals surface area contributed by atoms with E-state index in [9.17, 15) is 0 Å². The highest BCUT2D eigenvalue weighted by atomic mass is 79.9. The summed E-state index contributed by atoms with van der Waals surface area (Å²) < 4.78 is 1.18. The monoisotopic (exact) mass is 364 g/mol. The summed E-state index contributed by atoms with van der Waals surface area (Å²) in [5.41, 5.74) is 5.48. The van der Waals surface area contributed by atoms with E-state index in [2.05, 4.69) is 95.8 Å². The van der Waals surface area contributed by atoms with Crippen molar-refractivity contribution in [3.05, 3.63) is 71.2 Å². The zero-order chi connectivity index (χ0) is 15.3. The lowest BCUT2D eigenvalue weighted by atomic mass is 10.0. The molecule has 0 spiro atoms. The second-order valence-electron chi connectivity index (χ2n) is 6.44. The topological polar surface area (TPSA) is 0 Å². The van der Waals surface area contributed by atoms with Gasteiger partial charge in [-0.05, 0) is 44.8 Å². The van der Waals surface area contributed by atoms with E-state index in [1.54, 1.807) is 10.4 Å². The van der Waals surface area contributed by atoms with Crippen LogP contribution in [0, 0.1) is 0 Å². The number of hydrogen-bond acceptors (Lipinski definition) is 0. The maximum Gasteiger partial charge on any atom is 0.113 e. The minimum atomic E-state index is -1.61. The summed E-state index contributed by atoms with van der Waals surface area (Å²) in [6.45, 7) is 4.91. The Labute approximate surface area is 141 Å². The Kier molecular flexibility index (Phi) is 3.14. The third kappa shape index (κ3) is 2.02. The standard InChI is InChI=1S/C20H17BrSi/c1-22(2)19-12-15(14-6-4-3-5-7-14)8-10-17(19)18-11-9-16(21)13-20(18)22/h3-13H,1-2H3. The fraction of sp³-hybridized carbons (Fsp3) is 0.100. The van der Waals surface area contributed by atoms with Crippen LogP contribution in [0.4, 0.5) is 0 Å². The molecule has 0 saturated heterocycles. The second-order valence-corrected chi connectivity index (χ2v) is 11.7. The Morgan fingerprint density at radius 3 is 2.05 bits per heavy atom. The molecule has 0 atom stereocenters. The molecule has 22 heavy (non-hydrogen) atoms. The average molecular weight is 365 g/mol. The quantitative estimate of drug-likeness (QED) is 0.537. The lowest BCUT2D eigenvalue weighted by molar-refractivity contribution is 1.63. The molecule has 0 bridgehead atoms. The first-order valence-corrected chi connectivity index (χ1v) is 11.4. The summed E-state index contributed by atoms with van der Waals surface area (Å²) in [5, 5.41) is 3.10. The van der Waals surface area contributed by atoms with Crippen LogP contribution in [0.1, 0.15) is 0 Å². The molecule has 0 unspecified atom stereocenters. The molecule has 1 aliphatic rings. The van der Waals surface area contributed by atoms with E-state index in [0.717, 1.165) is 0 Å². The highest BCUT2D eigenvalue weighted by molar-refractivity contribution is 9.10. The molecule has 0 fully saturated rings. The zero-order valence-corrected chi connectivity index (χ0v) is 15.3. The van der Waals surface area contributed by atoms with Gasteiger partial charge in [0.15, 0.2) is 0 Å². The van der Waals surface area contributed by atoms with Crippen molar-refractivity contribution in [2.75, 3.05) is 0 Å². The minimum absolute atomic E-state index is 1.18. The van der Waals surface area contributed by atoms with Gasteiger partial charge in [0.2, 0.25) is 0 Å². The Morgan fingerprint density at radius 2 is 1.32 bits per heavy atom. The Morgan fingerprint density at radius 1 is 0.682 bits per heavy atom. The maximum atomic E-state index is 3.63. The van der Waals surface area contributed by atoms with Gasteiger partial charge >= 0.3 is 0 Å². The first kappa shape index (κ1) is 14.0. The Balaban J connectivity index is 1.93. The third-order valence-electron chi connectivity index (χ3n) is 4.75. The van der Waals surface area contributed by atoms with Gasteiger partial charge < -0.3 is 0 Å². The Bertz CT molecular complexity index is 866. The number of rotatable bonds is 1. The molecule has 0 N–H and O–H groups in total. The molecule has 0 aromatic heterocycles. The predicted octanol–water partition coefficient (Wildman–Crippen LogP) is 4.92. The minimum Gasteiger partial charge on any atom is -0.0622 e. The maximum absolute atomic E-state index is 3.63. The smallest absolute Gasteiger partial charge is 0.0622 e. The van der Waals surface area contributed by atoms with Crippen LogP contribution >= 0.6 is 15.9 Å². The van der Waals surface area contributed by atoms with Gasteiger partial charge in [-0.2, -0.15) is 0 Å². The molecule has 0 amide bonds. The highest BCUT2D eigenvalue weighted by Crippen LogP contribution is 2.32. The molecule has 1 aliphatic heterocycles. The van der Waals surface area contributed by atoms with Crippen molar-refractivity contribution in [1.29, 1.82) is 0 Å². The van der Waals surface area contributed by atoms with E-state index in [0.29, 0.717) is 0 Å². The van der Waals surface area contributed by atoms with Crippen molar-refractivity contribution in [2.45, 2.75) is 13.1 Å². The predicted molar refractivity (Wildman–Crippen MR) is 102 cm³/mol. The molecule has 0 saturated carbocycles. The lowest BCUT2D eigenvalue weighted by Crippen LogP contribution is -2.49. The first-order chi connectivity index (χ1) is 10.6. The molecular weight excluding hydrogens is 348 g/mol. The van der Waals surface area contributed by atoms with Crippen LogP contribution in [0.3, 0.4) is 0 Å². The van der Waals surface area contributed by atoms with Crippen molar-refractivity contribution < 1.29 is 0 Å². The second kappa shape index (κ2) is 4.93. The molecule has 3 aromatic carbocycles. The molecule has 2 heteroatoms. The zero-order valence-electron chi connectivity index (χ0n) is 12.7. The van der Waals surface area contributed by atoms with Crippen LogP contribution in [0.2, 0.25) is 13.1 Å². The largest absolute Gasteiger partial charge is 0.113 e. The van der Waals surface area contributed by atoms with Gasteiger partial charge in [-0.1, -0.05) is 83.6 Å². The summed E-state index contributed by atoms with van der Waals surface area (Å²) in [4.78, 5) is 0. The third-order valence-corrected chi connectivity index (χ3v) is 8.76. The molecule has 108 valence electrons. The van der Waals surface area contributed by atoms with Crippen LogP contribution in [-0.4, -0.2) is 8.07 Å². The number of hydrogen-bond donors (Lipinski definition) is 0. The van der Waals surface area contributed by atoms with E-state index in [4.69, 9.17) is 0 Å². The van der Waals surface area contributed by atoms with Crippen molar-refractivity contribution in [2.24, 2.45) is 0 Å². The molecular formula is C20H17BrSi. The van der Waals surface area contributed by atoms with Crippen LogP contribution in [0.5, 0.6) is 0 Å². The van der Waals surface area contributed by atoms with Crippen molar-refractivity contribution in [3.8, 4) is 22.3 Å². The van der Waals surface area contributed by atoms with Crippen molar-refractivity contribution >= 4 is 34.4 Å². The van der Waals surface area contributed by atoms with E-state index in [-0.39, 0.29) is 0 Å². The molecule has 0 aliphatic carbocycles. The number of benzene rings is 3. The lowest BCUT2D eigenvalue weighted by Gasteiger charge is -2.19. The van der Waals surface area contributed by atoms with Crippen LogP contribution in [0.25, 0.3) is 22.3 Å². The van der Waals surface area contributed by atoms with Gasteiger partial charge in [0.25, 0.3) is 0 Å². The van der Waals surface area contributed by atoms with Gasteiger partial charge in [-0.25, -0.2) is 0 Å².